The highest BCUT2D eigenvalue weighted by molar-refractivity contribution is 8.00. The maximum atomic E-state index is 12.5. The van der Waals surface area contributed by atoms with Gasteiger partial charge in [0.15, 0.2) is 10.8 Å². The lowest BCUT2D eigenvalue weighted by atomic mass is 10.1. The molecule has 2 heterocycles. The van der Waals surface area contributed by atoms with Gasteiger partial charge in [0.05, 0.1) is 16.2 Å². The van der Waals surface area contributed by atoms with Gasteiger partial charge in [0.2, 0.25) is 5.76 Å². The monoisotopic (exact) mass is 602 g/mol. The topological polar surface area (TPSA) is 138 Å². The molecule has 0 aliphatic heterocycles. The molecule has 0 aliphatic rings. The molecule has 0 fully saturated rings. The molecule has 0 saturated heterocycles. The number of nitrogens with one attached hydrogen (secondary N) is 2. The van der Waals surface area contributed by atoms with Gasteiger partial charge in [-0.1, -0.05) is 28.2 Å². The molecule has 198 valence electrons. The van der Waals surface area contributed by atoms with Crippen molar-refractivity contribution in [1.29, 1.82) is 0 Å². The fourth-order valence-electron chi connectivity index (χ4n) is 2.70. The van der Waals surface area contributed by atoms with Crippen LogP contribution >= 0.6 is 47.1 Å². The molecule has 2 aromatic heterocycles. The van der Waals surface area contributed by atoms with Crippen LogP contribution in [-0.2, 0) is 0 Å². The Bertz CT molecular complexity index is 1430. The number of thiocarbonyl (C=S) groups is 1. The van der Waals surface area contributed by atoms with Crippen molar-refractivity contribution in [2.75, 3.05) is 10.6 Å². The SMILES string of the molecule is O=C(O)c1ccco1.O=C(O)c1nnsc1-c1ccc(NC(=S)Nc2ccc(SC(F)(F)F)c(Cl)c2)cc1. The number of hydrogen-bond donors (Lipinski definition) is 4. The molecule has 0 unspecified atom stereocenters. The summed E-state index contributed by atoms with van der Waals surface area (Å²) in [5.74, 6) is -2.22. The van der Waals surface area contributed by atoms with Gasteiger partial charge in [-0.15, -0.1) is 5.10 Å². The third-order valence-corrected chi connectivity index (χ3v) is 6.45. The Hall–Kier alpha value is -3.66. The molecule has 38 heavy (non-hydrogen) atoms. The van der Waals surface area contributed by atoms with Crippen LogP contribution < -0.4 is 10.6 Å². The average molecular weight is 603 g/mol. The van der Waals surface area contributed by atoms with E-state index < -0.39 is 17.4 Å². The van der Waals surface area contributed by atoms with Gasteiger partial charge in [-0.2, -0.15) is 13.2 Å². The lowest BCUT2D eigenvalue weighted by Gasteiger charge is -2.13. The molecule has 9 nitrogen and oxygen atoms in total. The number of aromatic carboxylic acids is 2. The normalized spacial score (nSPS) is 10.7. The molecule has 0 atom stereocenters. The van der Waals surface area contributed by atoms with Gasteiger partial charge in [-0.3, -0.25) is 0 Å². The van der Waals surface area contributed by atoms with Gasteiger partial charge < -0.3 is 25.3 Å². The second kappa shape index (κ2) is 12.7. The third-order valence-electron chi connectivity index (χ3n) is 4.24. The van der Waals surface area contributed by atoms with Crippen LogP contribution in [0.2, 0.25) is 5.02 Å². The molecule has 0 aliphatic carbocycles. The molecule has 4 rings (SSSR count). The van der Waals surface area contributed by atoms with E-state index in [2.05, 4.69) is 24.6 Å². The third kappa shape index (κ3) is 8.44. The number of rotatable bonds is 6. The number of hydrogen-bond acceptors (Lipinski definition) is 8. The number of thioether (sulfide) groups is 1. The number of anilines is 2. The minimum absolute atomic E-state index is 0.0231. The first-order valence-electron chi connectivity index (χ1n) is 9.99. The number of furan rings is 1. The van der Waals surface area contributed by atoms with E-state index in [1.54, 1.807) is 24.3 Å². The number of carboxylic acid groups (broad SMARTS) is 2. The van der Waals surface area contributed by atoms with Crippen molar-refractivity contribution in [3.8, 4) is 10.4 Å². The first-order valence-corrected chi connectivity index (χ1v) is 12.4. The summed E-state index contributed by atoms with van der Waals surface area (Å²) in [6.07, 6.45) is 1.32. The van der Waals surface area contributed by atoms with Crippen molar-refractivity contribution >= 4 is 75.5 Å². The zero-order chi connectivity index (χ0) is 27.9. The second-order valence-electron chi connectivity index (χ2n) is 6.89. The predicted octanol–water partition coefficient (Wildman–Crippen LogP) is 6.96. The van der Waals surface area contributed by atoms with Crippen LogP contribution in [-0.4, -0.2) is 42.4 Å². The summed E-state index contributed by atoms with van der Waals surface area (Å²) in [6.45, 7) is 0. The Labute approximate surface area is 230 Å². The Kier molecular flexibility index (Phi) is 9.68. The van der Waals surface area contributed by atoms with E-state index >= 15 is 0 Å². The van der Waals surface area contributed by atoms with Crippen molar-refractivity contribution in [1.82, 2.24) is 9.59 Å². The van der Waals surface area contributed by atoms with Crippen LogP contribution in [0.15, 0.2) is 70.2 Å². The summed E-state index contributed by atoms with van der Waals surface area (Å²) >= 11 is 11.8. The minimum atomic E-state index is -4.43. The largest absolute Gasteiger partial charge is 0.476 e. The molecule has 0 radical (unpaired) electrons. The van der Waals surface area contributed by atoms with Gasteiger partial charge in [-0.05, 0) is 83.5 Å². The zero-order valence-electron chi connectivity index (χ0n) is 18.5. The molecule has 0 spiro atoms. The van der Waals surface area contributed by atoms with Crippen LogP contribution in [0.1, 0.15) is 21.0 Å². The predicted molar refractivity (Wildman–Crippen MR) is 141 cm³/mol. The summed E-state index contributed by atoms with van der Waals surface area (Å²) < 4.78 is 45.6. The number of carboxylic acids is 2. The molecule has 0 saturated carbocycles. The molecule has 0 amide bonds. The Morgan fingerprint density at radius 3 is 2.21 bits per heavy atom. The van der Waals surface area contributed by atoms with E-state index in [9.17, 15) is 22.8 Å². The number of aromatic nitrogens is 2. The summed E-state index contributed by atoms with van der Waals surface area (Å²) in [5, 5.41) is 26.8. The Balaban J connectivity index is 0.000000427. The number of halogens is 4. The van der Waals surface area contributed by atoms with Crippen LogP contribution in [0.25, 0.3) is 10.4 Å². The van der Waals surface area contributed by atoms with Gasteiger partial charge in [-0.25, -0.2) is 9.59 Å². The first kappa shape index (κ1) is 28.9. The molecule has 4 N–H and O–H groups in total. The highest BCUT2D eigenvalue weighted by Gasteiger charge is 2.30. The molecular formula is C22H14ClF3N4O5S3. The maximum Gasteiger partial charge on any atom is 0.446 e. The summed E-state index contributed by atoms with van der Waals surface area (Å²) in [4.78, 5) is 21.4. The highest BCUT2D eigenvalue weighted by atomic mass is 35.5. The van der Waals surface area contributed by atoms with Crippen molar-refractivity contribution < 1.29 is 37.4 Å². The molecule has 16 heteroatoms. The van der Waals surface area contributed by atoms with E-state index in [1.807, 2.05) is 0 Å². The van der Waals surface area contributed by atoms with E-state index in [-0.39, 0.29) is 38.2 Å². The maximum absolute atomic E-state index is 12.5. The molecule has 2 aromatic carbocycles. The van der Waals surface area contributed by atoms with Crippen LogP contribution in [0, 0.1) is 0 Å². The zero-order valence-corrected chi connectivity index (χ0v) is 21.7. The van der Waals surface area contributed by atoms with E-state index in [4.69, 9.17) is 34.0 Å². The fourth-order valence-corrected chi connectivity index (χ4v) is 4.44. The molecular weight excluding hydrogens is 589 g/mol. The quantitative estimate of drug-likeness (QED) is 0.135. The van der Waals surface area contributed by atoms with Gasteiger partial charge in [0.25, 0.3) is 0 Å². The van der Waals surface area contributed by atoms with Gasteiger partial charge in [0.1, 0.15) is 0 Å². The summed E-state index contributed by atoms with van der Waals surface area (Å²) in [6, 6.07) is 13.7. The summed E-state index contributed by atoms with van der Waals surface area (Å²) in [5.41, 5.74) is -2.89. The van der Waals surface area contributed by atoms with E-state index in [0.717, 1.165) is 11.5 Å². The average Bonchev–Trinajstić information content (AvgIpc) is 3.54. The van der Waals surface area contributed by atoms with Gasteiger partial charge in [0, 0.05) is 16.3 Å². The number of benzene rings is 2. The number of carbonyl (C=O) groups is 2. The highest BCUT2D eigenvalue weighted by Crippen LogP contribution is 2.41. The number of nitrogens with zero attached hydrogens (tertiary/aromatic N) is 2. The lowest BCUT2D eigenvalue weighted by Crippen LogP contribution is -2.19. The van der Waals surface area contributed by atoms with Crippen LogP contribution in [0.4, 0.5) is 24.5 Å². The smallest absolute Gasteiger partial charge is 0.446 e. The van der Waals surface area contributed by atoms with Crippen molar-refractivity contribution in [2.24, 2.45) is 0 Å². The fraction of sp³-hybridized carbons (Fsp3) is 0.0455. The Morgan fingerprint density at radius 2 is 1.68 bits per heavy atom. The van der Waals surface area contributed by atoms with Crippen molar-refractivity contribution in [2.45, 2.75) is 10.4 Å². The van der Waals surface area contributed by atoms with Crippen LogP contribution in [0.3, 0.4) is 0 Å². The molecule has 4 aromatic rings. The Morgan fingerprint density at radius 1 is 1.03 bits per heavy atom. The lowest BCUT2D eigenvalue weighted by molar-refractivity contribution is -0.0328. The van der Waals surface area contributed by atoms with E-state index in [1.165, 1.54) is 36.6 Å². The minimum Gasteiger partial charge on any atom is -0.476 e. The molecule has 0 bridgehead atoms. The van der Waals surface area contributed by atoms with Crippen molar-refractivity contribution in [3.05, 3.63) is 77.3 Å². The standard InChI is InChI=1S/C17H10ClF3N4O2S3.C5H4O3/c18-11-7-10(5-6-12(11)29-17(19,20)21)23-16(28)22-9-3-1-8(2-4-9)14-13(15(26)27)24-25-30-14;6-5(7)4-2-1-3-8-4/h1-7H,(H,26,27)(H2,22,23,28);1-3H,(H,6,7). The number of alkyl halides is 3. The van der Waals surface area contributed by atoms with Crippen LogP contribution in [0.5, 0.6) is 0 Å². The van der Waals surface area contributed by atoms with E-state index in [0.29, 0.717) is 21.8 Å². The first-order chi connectivity index (χ1) is 17.9. The van der Waals surface area contributed by atoms with Crippen molar-refractivity contribution in [3.63, 3.8) is 0 Å². The second-order valence-corrected chi connectivity index (χ2v) is 9.56. The van der Waals surface area contributed by atoms with Gasteiger partial charge >= 0.3 is 17.4 Å². The summed E-state index contributed by atoms with van der Waals surface area (Å²) in [7, 11) is 0.